The van der Waals surface area contributed by atoms with Crippen LogP contribution in [0.5, 0.6) is 11.5 Å². The summed E-state index contributed by atoms with van der Waals surface area (Å²) in [4.78, 5) is 11.4. The van der Waals surface area contributed by atoms with Crippen molar-refractivity contribution in [3.63, 3.8) is 0 Å². The van der Waals surface area contributed by atoms with Gasteiger partial charge in [-0.05, 0) is 44.0 Å². The van der Waals surface area contributed by atoms with Gasteiger partial charge in [-0.15, -0.1) is 0 Å². The van der Waals surface area contributed by atoms with Gasteiger partial charge in [0.05, 0.1) is 17.1 Å². The molecule has 112 valence electrons. The third-order valence-electron chi connectivity index (χ3n) is 3.23. The number of phenols is 1. The number of carboxylic acids is 1. The van der Waals surface area contributed by atoms with Crippen LogP contribution in [0.2, 0.25) is 0 Å². The number of hydrogen-bond donors (Lipinski definition) is 2. The molecular weight excluding hydrogens is 336 g/mol. The summed E-state index contributed by atoms with van der Waals surface area (Å²) in [5, 5.41) is 20.8. The number of hydrogen-bond acceptors (Lipinski definition) is 3. The maximum absolute atomic E-state index is 11.4. The molecule has 0 aromatic heterocycles. The smallest absolute Gasteiger partial charge is 0.336 e. The summed E-state index contributed by atoms with van der Waals surface area (Å²) in [6.07, 6.45) is 0.500. The fraction of sp³-hybridized carbons (Fsp3) is 0.312. The van der Waals surface area contributed by atoms with Crippen LogP contribution in [0.4, 0.5) is 0 Å². The molecule has 0 heterocycles. The first-order valence-corrected chi connectivity index (χ1v) is 7.53. The Bertz CT molecular complexity index is 707. The molecule has 0 spiro atoms. The zero-order valence-electron chi connectivity index (χ0n) is 12.1. The van der Waals surface area contributed by atoms with Gasteiger partial charge in [0.1, 0.15) is 11.5 Å². The highest BCUT2D eigenvalue weighted by molar-refractivity contribution is 9.10. The topological polar surface area (TPSA) is 66.8 Å². The zero-order chi connectivity index (χ0) is 15.7. The molecule has 0 fully saturated rings. The van der Waals surface area contributed by atoms with E-state index >= 15 is 0 Å². The van der Waals surface area contributed by atoms with Gasteiger partial charge >= 0.3 is 5.97 Å². The normalized spacial score (nSPS) is 11.1. The van der Waals surface area contributed by atoms with Gasteiger partial charge in [0.2, 0.25) is 0 Å². The van der Waals surface area contributed by atoms with Crippen LogP contribution in [0.1, 0.15) is 36.7 Å². The molecule has 21 heavy (non-hydrogen) atoms. The first-order chi connectivity index (χ1) is 9.86. The average Bonchev–Trinajstić information content (AvgIpc) is 2.40. The Hall–Kier alpha value is -1.75. The molecule has 0 amide bonds. The Labute approximate surface area is 131 Å². The number of phenolic OH excluding ortho intramolecular Hbond substituents is 1. The maximum atomic E-state index is 11.4. The molecule has 2 N–H and O–H groups in total. The second-order valence-corrected chi connectivity index (χ2v) is 5.90. The predicted octanol–water partition coefficient (Wildman–Crippen LogP) is 4.36. The number of ether oxygens (including phenoxy) is 1. The summed E-state index contributed by atoms with van der Waals surface area (Å²) in [7, 11) is 0. The molecule has 0 aliphatic carbocycles. The number of aryl methyl sites for hydroxylation is 1. The maximum Gasteiger partial charge on any atom is 0.336 e. The van der Waals surface area contributed by atoms with E-state index in [1.807, 2.05) is 26.8 Å². The van der Waals surface area contributed by atoms with E-state index < -0.39 is 5.97 Å². The van der Waals surface area contributed by atoms with Crippen LogP contribution in [-0.2, 0) is 6.42 Å². The largest absolute Gasteiger partial charge is 0.507 e. The number of rotatable bonds is 4. The SMILES string of the molecule is CCc1c(C(=O)O)cc(O)c2c(OC(C)C)ccc(Br)c12. The minimum Gasteiger partial charge on any atom is -0.507 e. The summed E-state index contributed by atoms with van der Waals surface area (Å²) < 4.78 is 6.47. The zero-order valence-corrected chi connectivity index (χ0v) is 13.7. The third-order valence-corrected chi connectivity index (χ3v) is 3.89. The third kappa shape index (κ3) is 2.83. The van der Waals surface area contributed by atoms with Gasteiger partial charge < -0.3 is 14.9 Å². The number of carboxylic acid groups (broad SMARTS) is 1. The molecule has 5 heteroatoms. The van der Waals surface area contributed by atoms with Gasteiger partial charge in [-0.1, -0.05) is 22.9 Å². The summed E-state index contributed by atoms with van der Waals surface area (Å²) >= 11 is 3.45. The average molecular weight is 353 g/mol. The van der Waals surface area contributed by atoms with Gasteiger partial charge in [0.25, 0.3) is 0 Å². The van der Waals surface area contributed by atoms with Crippen LogP contribution in [0.25, 0.3) is 10.8 Å². The van der Waals surface area contributed by atoms with Crippen molar-refractivity contribution in [2.24, 2.45) is 0 Å². The summed E-state index contributed by atoms with van der Waals surface area (Å²) in [5.41, 5.74) is 0.793. The van der Waals surface area contributed by atoms with Crippen LogP contribution in [0.15, 0.2) is 22.7 Å². The van der Waals surface area contributed by atoms with Crippen molar-refractivity contribution in [2.75, 3.05) is 0 Å². The van der Waals surface area contributed by atoms with Crippen molar-refractivity contribution < 1.29 is 19.7 Å². The Morgan fingerprint density at radius 2 is 2.00 bits per heavy atom. The number of aromatic carboxylic acids is 1. The highest BCUT2D eigenvalue weighted by Crippen LogP contribution is 2.41. The molecule has 2 aromatic rings. The van der Waals surface area contributed by atoms with Crippen molar-refractivity contribution in [3.05, 3.63) is 33.8 Å². The van der Waals surface area contributed by atoms with E-state index in [-0.39, 0.29) is 17.4 Å². The van der Waals surface area contributed by atoms with Crippen molar-refractivity contribution in [1.29, 1.82) is 0 Å². The van der Waals surface area contributed by atoms with Crippen LogP contribution < -0.4 is 4.74 Å². The number of benzene rings is 2. The van der Waals surface area contributed by atoms with Crippen molar-refractivity contribution in [1.82, 2.24) is 0 Å². The minimum atomic E-state index is -1.05. The lowest BCUT2D eigenvalue weighted by molar-refractivity contribution is 0.0695. The fourth-order valence-corrected chi connectivity index (χ4v) is 3.02. The first kappa shape index (κ1) is 15.6. The van der Waals surface area contributed by atoms with E-state index in [0.717, 1.165) is 4.47 Å². The first-order valence-electron chi connectivity index (χ1n) is 6.73. The van der Waals surface area contributed by atoms with Crippen LogP contribution in [-0.4, -0.2) is 22.3 Å². The summed E-state index contributed by atoms with van der Waals surface area (Å²) in [6.45, 7) is 5.69. The van der Waals surface area contributed by atoms with Crippen LogP contribution in [0, 0.1) is 0 Å². The lowest BCUT2D eigenvalue weighted by atomic mass is 9.95. The quantitative estimate of drug-likeness (QED) is 0.857. The molecule has 0 aliphatic rings. The van der Waals surface area contributed by atoms with E-state index in [9.17, 15) is 15.0 Å². The molecular formula is C16H17BrO4. The lowest BCUT2D eigenvalue weighted by Crippen LogP contribution is -2.07. The predicted molar refractivity (Wildman–Crippen MR) is 85.4 cm³/mol. The highest BCUT2D eigenvalue weighted by atomic mass is 79.9. The van der Waals surface area contributed by atoms with Crippen LogP contribution in [0.3, 0.4) is 0 Å². The second kappa shape index (κ2) is 5.93. The van der Waals surface area contributed by atoms with Crippen molar-refractivity contribution in [2.45, 2.75) is 33.3 Å². The fourth-order valence-electron chi connectivity index (χ4n) is 2.45. The van der Waals surface area contributed by atoms with Gasteiger partial charge in [-0.2, -0.15) is 0 Å². The molecule has 4 nitrogen and oxygen atoms in total. The Morgan fingerprint density at radius 1 is 1.33 bits per heavy atom. The summed E-state index contributed by atoms with van der Waals surface area (Å²) in [5.74, 6) is -0.588. The van der Waals surface area contributed by atoms with Gasteiger partial charge in [-0.3, -0.25) is 0 Å². The van der Waals surface area contributed by atoms with E-state index in [0.29, 0.717) is 28.5 Å². The van der Waals surface area contributed by atoms with E-state index in [2.05, 4.69) is 15.9 Å². The Balaban J connectivity index is 2.91. The van der Waals surface area contributed by atoms with E-state index in [4.69, 9.17) is 4.74 Å². The van der Waals surface area contributed by atoms with Gasteiger partial charge in [0, 0.05) is 9.86 Å². The number of carbonyl (C=O) groups is 1. The number of halogens is 1. The lowest BCUT2D eigenvalue weighted by Gasteiger charge is -2.17. The molecule has 0 unspecified atom stereocenters. The summed E-state index contributed by atoms with van der Waals surface area (Å²) in [6, 6.07) is 4.87. The monoisotopic (exact) mass is 352 g/mol. The molecule has 0 aliphatic heterocycles. The molecule has 0 saturated heterocycles. The number of fused-ring (bicyclic) bond motifs is 1. The molecule has 0 saturated carbocycles. The molecule has 2 aromatic carbocycles. The van der Waals surface area contributed by atoms with Gasteiger partial charge in [0.15, 0.2) is 0 Å². The molecule has 0 radical (unpaired) electrons. The standard InChI is InChI=1S/C16H17BrO4/c1-4-9-10(16(19)20)7-12(18)15-13(21-8(2)3)6-5-11(17)14(9)15/h5-8,18H,4H2,1-3H3,(H,19,20). The van der Waals surface area contributed by atoms with E-state index in [1.165, 1.54) is 6.07 Å². The van der Waals surface area contributed by atoms with Crippen molar-refractivity contribution >= 4 is 32.7 Å². The Kier molecular flexibility index (Phi) is 4.42. The van der Waals surface area contributed by atoms with E-state index in [1.54, 1.807) is 6.07 Å². The molecule has 0 bridgehead atoms. The Morgan fingerprint density at radius 3 is 2.52 bits per heavy atom. The highest BCUT2D eigenvalue weighted by Gasteiger charge is 2.20. The number of aromatic hydroxyl groups is 1. The van der Waals surface area contributed by atoms with Crippen molar-refractivity contribution in [3.8, 4) is 11.5 Å². The van der Waals surface area contributed by atoms with Crippen LogP contribution >= 0.6 is 15.9 Å². The molecule has 2 rings (SSSR count). The second-order valence-electron chi connectivity index (χ2n) is 5.04. The molecule has 0 atom stereocenters. The minimum absolute atomic E-state index is 0.0435. The van der Waals surface area contributed by atoms with Gasteiger partial charge in [-0.25, -0.2) is 4.79 Å².